The molecule has 0 saturated carbocycles. The maximum absolute atomic E-state index is 12.6. The van der Waals surface area contributed by atoms with Gasteiger partial charge in [0.2, 0.25) is 0 Å². The van der Waals surface area contributed by atoms with Crippen LogP contribution in [0.3, 0.4) is 0 Å². The first-order valence-electron chi connectivity index (χ1n) is 8.09. The fourth-order valence-electron chi connectivity index (χ4n) is 2.87. The van der Waals surface area contributed by atoms with E-state index in [1.54, 1.807) is 4.90 Å². The van der Waals surface area contributed by atoms with Crippen LogP contribution in [-0.2, 0) is 0 Å². The Morgan fingerprint density at radius 1 is 1.08 bits per heavy atom. The average Bonchev–Trinajstić information content (AvgIpc) is 2.50. The van der Waals surface area contributed by atoms with E-state index in [1.165, 1.54) is 5.56 Å². The Kier molecular flexibility index (Phi) is 4.18. The molecule has 0 spiro atoms. The van der Waals surface area contributed by atoms with Crippen molar-refractivity contribution in [2.24, 2.45) is 0 Å². The van der Waals surface area contributed by atoms with E-state index >= 15 is 0 Å². The van der Waals surface area contributed by atoms with Gasteiger partial charge in [0.15, 0.2) is 0 Å². The molecule has 5 nitrogen and oxygen atoms in total. The molecule has 1 N–H and O–H groups in total. The summed E-state index contributed by atoms with van der Waals surface area (Å²) < 4.78 is 5.85. The number of pyridine rings is 1. The molecule has 1 amide bonds. The fourth-order valence-corrected chi connectivity index (χ4v) is 2.87. The van der Waals surface area contributed by atoms with Crippen LogP contribution in [0, 0.1) is 27.7 Å². The normalized spacial score (nSPS) is 14.4. The van der Waals surface area contributed by atoms with Crippen LogP contribution in [0.25, 0.3) is 0 Å². The number of nitrogens with zero attached hydrogens (tertiary/aromatic N) is 1. The number of aromatic nitrogens is 1. The Morgan fingerprint density at radius 3 is 2.33 bits per heavy atom. The van der Waals surface area contributed by atoms with Crippen molar-refractivity contribution in [1.82, 2.24) is 9.88 Å². The van der Waals surface area contributed by atoms with Gasteiger partial charge in [0.05, 0.1) is 13.1 Å². The van der Waals surface area contributed by atoms with E-state index in [2.05, 4.69) is 4.98 Å². The lowest BCUT2D eigenvalue weighted by atomic mass is 10.0. The second-order valence-electron chi connectivity index (χ2n) is 6.47. The molecule has 1 saturated heterocycles. The van der Waals surface area contributed by atoms with Gasteiger partial charge in [0.1, 0.15) is 17.4 Å². The van der Waals surface area contributed by atoms with Gasteiger partial charge in [0.25, 0.3) is 11.5 Å². The Hall–Kier alpha value is -2.56. The maximum Gasteiger partial charge on any atom is 0.261 e. The number of nitrogens with one attached hydrogen (secondary N) is 1. The molecule has 2 aromatic rings. The number of carbonyl (C=O) groups excluding carboxylic acids is 1. The number of aryl methyl sites for hydroxylation is 2. The van der Waals surface area contributed by atoms with Crippen LogP contribution in [0.5, 0.6) is 5.75 Å². The van der Waals surface area contributed by atoms with E-state index in [0.717, 1.165) is 22.6 Å². The number of H-pyrrole nitrogens is 1. The summed E-state index contributed by atoms with van der Waals surface area (Å²) in [7, 11) is 0. The Morgan fingerprint density at radius 2 is 1.71 bits per heavy atom. The smallest absolute Gasteiger partial charge is 0.261 e. The first kappa shape index (κ1) is 16.3. The third-order valence-corrected chi connectivity index (χ3v) is 4.70. The van der Waals surface area contributed by atoms with Crippen LogP contribution in [0.4, 0.5) is 0 Å². The van der Waals surface area contributed by atoms with Crippen LogP contribution in [0.1, 0.15) is 32.7 Å². The number of amides is 1. The molecule has 0 unspecified atom stereocenters. The second kappa shape index (κ2) is 6.15. The summed E-state index contributed by atoms with van der Waals surface area (Å²) in [6.07, 6.45) is -0.0254. The van der Waals surface area contributed by atoms with Crippen molar-refractivity contribution >= 4 is 5.91 Å². The van der Waals surface area contributed by atoms with Crippen LogP contribution in [0.2, 0.25) is 0 Å². The third-order valence-electron chi connectivity index (χ3n) is 4.70. The highest BCUT2D eigenvalue weighted by Crippen LogP contribution is 2.21. The number of hydrogen-bond acceptors (Lipinski definition) is 3. The van der Waals surface area contributed by atoms with E-state index in [1.807, 2.05) is 52.0 Å². The molecular weight excluding hydrogens is 304 g/mol. The molecule has 24 heavy (non-hydrogen) atoms. The van der Waals surface area contributed by atoms with E-state index in [4.69, 9.17) is 4.74 Å². The molecule has 3 rings (SSSR count). The van der Waals surface area contributed by atoms with Gasteiger partial charge < -0.3 is 14.6 Å². The van der Waals surface area contributed by atoms with E-state index in [-0.39, 0.29) is 23.1 Å². The van der Waals surface area contributed by atoms with Crippen LogP contribution in [0.15, 0.2) is 29.1 Å². The molecule has 0 aliphatic carbocycles. The number of carbonyl (C=O) groups is 1. The minimum atomic E-state index is -0.316. The lowest BCUT2D eigenvalue weighted by Gasteiger charge is -2.39. The quantitative estimate of drug-likeness (QED) is 0.943. The lowest BCUT2D eigenvalue weighted by Crippen LogP contribution is -2.57. The topological polar surface area (TPSA) is 62.4 Å². The minimum absolute atomic E-state index is 0.0254. The van der Waals surface area contributed by atoms with E-state index in [9.17, 15) is 9.59 Å². The van der Waals surface area contributed by atoms with Gasteiger partial charge in [-0.15, -0.1) is 0 Å². The SMILES string of the molecule is Cc1ccc(OC2CN(C(=O)c3c(C)c(C)c(C)[nH]c3=O)C2)cc1. The lowest BCUT2D eigenvalue weighted by molar-refractivity contribution is 0.0176. The van der Waals surface area contributed by atoms with Gasteiger partial charge in [0, 0.05) is 5.69 Å². The molecule has 2 heterocycles. The summed E-state index contributed by atoms with van der Waals surface area (Å²) in [5.74, 6) is 0.582. The highest BCUT2D eigenvalue weighted by molar-refractivity contribution is 5.96. The predicted octanol–water partition coefficient (Wildman–Crippen LogP) is 2.51. The first-order valence-corrected chi connectivity index (χ1v) is 8.09. The van der Waals surface area contributed by atoms with Crippen molar-refractivity contribution in [3.05, 3.63) is 62.6 Å². The molecule has 1 aromatic carbocycles. The monoisotopic (exact) mass is 326 g/mol. The highest BCUT2D eigenvalue weighted by atomic mass is 16.5. The second-order valence-corrected chi connectivity index (χ2v) is 6.47. The highest BCUT2D eigenvalue weighted by Gasteiger charge is 2.34. The van der Waals surface area contributed by atoms with E-state index < -0.39 is 0 Å². The van der Waals surface area contributed by atoms with Gasteiger partial charge >= 0.3 is 0 Å². The molecular formula is C19H22N2O3. The van der Waals surface area contributed by atoms with Gasteiger partial charge in [-0.3, -0.25) is 9.59 Å². The molecule has 5 heteroatoms. The number of aromatic amines is 1. The molecule has 1 aliphatic heterocycles. The summed E-state index contributed by atoms with van der Waals surface area (Å²) >= 11 is 0. The summed E-state index contributed by atoms with van der Waals surface area (Å²) in [5, 5.41) is 0. The van der Waals surface area contributed by atoms with Crippen molar-refractivity contribution in [3.8, 4) is 5.75 Å². The van der Waals surface area contributed by atoms with Crippen molar-refractivity contribution in [2.45, 2.75) is 33.8 Å². The predicted molar refractivity (Wildman–Crippen MR) is 92.8 cm³/mol. The zero-order chi connectivity index (χ0) is 17.4. The van der Waals surface area contributed by atoms with Gasteiger partial charge in [-0.2, -0.15) is 0 Å². The zero-order valence-corrected chi connectivity index (χ0v) is 14.5. The molecule has 0 bridgehead atoms. The standard InChI is InChI=1S/C19H22N2O3/c1-11-5-7-15(8-6-11)24-16-9-21(10-16)19(23)17-13(3)12(2)14(4)20-18(17)22/h5-8,16H,9-10H2,1-4H3,(H,20,22). The van der Waals surface area contributed by atoms with Crippen molar-refractivity contribution in [3.63, 3.8) is 0 Å². The number of ether oxygens (including phenoxy) is 1. The molecule has 0 atom stereocenters. The molecule has 126 valence electrons. The molecule has 1 aromatic heterocycles. The van der Waals surface area contributed by atoms with Crippen LogP contribution in [-0.4, -0.2) is 35.0 Å². The zero-order valence-electron chi connectivity index (χ0n) is 14.5. The molecule has 0 radical (unpaired) electrons. The van der Waals surface area contributed by atoms with Gasteiger partial charge in [-0.1, -0.05) is 17.7 Å². The maximum atomic E-state index is 12.6. The Labute approximate surface area is 141 Å². The average molecular weight is 326 g/mol. The van der Waals surface area contributed by atoms with Crippen molar-refractivity contribution in [1.29, 1.82) is 0 Å². The Balaban J connectivity index is 1.68. The van der Waals surface area contributed by atoms with Crippen molar-refractivity contribution < 1.29 is 9.53 Å². The number of benzene rings is 1. The Bertz CT molecular complexity index is 831. The summed E-state index contributed by atoms with van der Waals surface area (Å²) in [6.45, 7) is 8.60. The summed E-state index contributed by atoms with van der Waals surface area (Å²) in [4.78, 5) is 29.2. The van der Waals surface area contributed by atoms with Crippen LogP contribution >= 0.6 is 0 Å². The number of likely N-dealkylation sites (tertiary alicyclic amines) is 1. The van der Waals surface area contributed by atoms with Gasteiger partial charge in [-0.25, -0.2) is 0 Å². The number of hydrogen-bond donors (Lipinski definition) is 1. The number of rotatable bonds is 3. The summed E-state index contributed by atoms with van der Waals surface area (Å²) in [6, 6.07) is 7.85. The van der Waals surface area contributed by atoms with Crippen molar-refractivity contribution in [2.75, 3.05) is 13.1 Å². The fraction of sp³-hybridized carbons (Fsp3) is 0.368. The third kappa shape index (κ3) is 2.94. The molecule has 1 aliphatic rings. The van der Waals surface area contributed by atoms with Gasteiger partial charge in [-0.05, 0) is 51.0 Å². The minimum Gasteiger partial charge on any atom is -0.487 e. The molecule has 1 fully saturated rings. The largest absolute Gasteiger partial charge is 0.487 e. The summed E-state index contributed by atoms with van der Waals surface area (Å²) in [5.41, 5.74) is 3.61. The first-order chi connectivity index (χ1) is 11.4. The van der Waals surface area contributed by atoms with Crippen LogP contribution < -0.4 is 10.3 Å². The van der Waals surface area contributed by atoms with E-state index in [0.29, 0.717) is 13.1 Å².